The molecule has 3 rings (SSSR count). The first-order valence-electron chi connectivity index (χ1n) is 12.2. The van der Waals surface area contributed by atoms with E-state index in [2.05, 4.69) is 5.32 Å². The van der Waals surface area contributed by atoms with E-state index in [4.69, 9.17) is 9.47 Å². The van der Waals surface area contributed by atoms with Gasteiger partial charge in [0.05, 0.1) is 18.8 Å². The van der Waals surface area contributed by atoms with Crippen LogP contribution in [0.2, 0.25) is 0 Å². The monoisotopic (exact) mass is 473 g/mol. The predicted octanol–water partition coefficient (Wildman–Crippen LogP) is 2.86. The number of likely N-dealkylation sites (tertiary alicyclic amines) is 2. The number of hydrogen-bond acceptors (Lipinski definition) is 5. The van der Waals surface area contributed by atoms with Crippen LogP contribution in [0.3, 0.4) is 0 Å². The first kappa shape index (κ1) is 26.0. The smallest absolute Gasteiger partial charge is 0.253 e. The third-order valence-corrected chi connectivity index (χ3v) is 6.63. The Hall–Kier alpha value is -2.61. The topological polar surface area (TPSA) is 88.2 Å². The number of carbonyl (C=O) groups is 3. The zero-order valence-corrected chi connectivity index (χ0v) is 21.2. The van der Waals surface area contributed by atoms with Crippen molar-refractivity contribution in [2.75, 3.05) is 39.4 Å². The minimum atomic E-state index is -0.687. The van der Waals surface area contributed by atoms with E-state index in [1.165, 1.54) is 6.92 Å². The molecule has 1 spiro atoms. The van der Waals surface area contributed by atoms with Crippen molar-refractivity contribution in [1.82, 2.24) is 15.1 Å². The summed E-state index contributed by atoms with van der Waals surface area (Å²) in [7, 11) is 0. The second-order valence-corrected chi connectivity index (χ2v) is 10.4. The summed E-state index contributed by atoms with van der Waals surface area (Å²) in [5, 5.41) is 2.76. The van der Waals surface area contributed by atoms with Crippen LogP contribution >= 0.6 is 0 Å². The summed E-state index contributed by atoms with van der Waals surface area (Å²) < 4.78 is 11.3. The zero-order valence-electron chi connectivity index (χ0n) is 21.2. The summed E-state index contributed by atoms with van der Waals surface area (Å²) >= 11 is 0. The molecular formula is C26H39N3O5. The second-order valence-electron chi connectivity index (χ2n) is 10.4. The van der Waals surface area contributed by atoms with Gasteiger partial charge in [0.25, 0.3) is 5.91 Å². The van der Waals surface area contributed by atoms with Gasteiger partial charge in [-0.05, 0) is 76.6 Å². The maximum absolute atomic E-state index is 13.2. The molecule has 0 bridgehead atoms. The number of rotatable bonds is 7. The highest BCUT2D eigenvalue weighted by Crippen LogP contribution is 2.40. The van der Waals surface area contributed by atoms with E-state index in [0.29, 0.717) is 38.3 Å². The molecule has 0 saturated carbocycles. The highest BCUT2D eigenvalue weighted by atomic mass is 16.5. The fourth-order valence-corrected chi connectivity index (χ4v) is 4.73. The number of hydrogen-bond donors (Lipinski definition) is 1. The lowest BCUT2D eigenvalue weighted by Crippen LogP contribution is -2.51. The normalized spacial score (nSPS) is 18.6. The van der Waals surface area contributed by atoms with Gasteiger partial charge in [0.15, 0.2) is 0 Å². The number of nitrogens with zero attached hydrogens (tertiary/aromatic N) is 2. The molecule has 1 N–H and O–H groups in total. The van der Waals surface area contributed by atoms with Gasteiger partial charge in [-0.1, -0.05) is 0 Å². The molecule has 1 aromatic carbocycles. The number of piperidine rings is 1. The molecule has 2 heterocycles. The van der Waals surface area contributed by atoms with Crippen LogP contribution in [0.15, 0.2) is 24.3 Å². The highest BCUT2D eigenvalue weighted by Gasteiger charge is 2.44. The van der Waals surface area contributed by atoms with Gasteiger partial charge >= 0.3 is 0 Å². The van der Waals surface area contributed by atoms with Crippen LogP contribution in [0, 0.1) is 5.41 Å². The molecule has 8 nitrogen and oxygen atoms in total. The number of carbonyl (C=O) groups excluding carboxylic acids is 3. The molecule has 0 aliphatic carbocycles. The molecular weight excluding hydrogens is 434 g/mol. The lowest BCUT2D eigenvalue weighted by Gasteiger charge is -2.39. The van der Waals surface area contributed by atoms with Crippen molar-refractivity contribution in [2.24, 2.45) is 5.41 Å². The van der Waals surface area contributed by atoms with Crippen molar-refractivity contribution < 1.29 is 23.9 Å². The molecule has 1 aromatic rings. The Labute approximate surface area is 202 Å². The Kier molecular flexibility index (Phi) is 8.23. The molecule has 2 fully saturated rings. The van der Waals surface area contributed by atoms with Gasteiger partial charge in [0.2, 0.25) is 11.8 Å². The molecule has 0 radical (unpaired) electrons. The van der Waals surface area contributed by atoms with Crippen LogP contribution in [0.5, 0.6) is 5.75 Å². The minimum absolute atomic E-state index is 0.0247. The standard InChI is InChI=1S/C26H39N3O5/c1-6-33-21-9-7-20(8-10-21)23(31)28-14-11-26(12-15-28)13-16-29(18-26)24(32)22(27-19(2)30)17-34-25(3,4)5/h7-10,22H,6,11-18H2,1-5H3,(H,27,30). The largest absolute Gasteiger partial charge is 0.494 e. The van der Waals surface area contributed by atoms with Crippen LogP contribution < -0.4 is 10.1 Å². The van der Waals surface area contributed by atoms with E-state index in [-0.39, 0.29) is 29.7 Å². The summed E-state index contributed by atoms with van der Waals surface area (Å²) in [6, 6.07) is 6.60. The summed E-state index contributed by atoms with van der Waals surface area (Å²) in [5.41, 5.74) is 0.294. The summed E-state index contributed by atoms with van der Waals surface area (Å²) in [4.78, 5) is 41.6. The van der Waals surface area contributed by atoms with E-state index in [1.807, 2.05) is 61.8 Å². The molecule has 1 unspecified atom stereocenters. The van der Waals surface area contributed by atoms with E-state index in [9.17, 15) is 14.4 Å². The second kappa shape index (κ2) is 10.8. The van der Waals surface area contributed by atoms with E-state index in [1.54, 1.807) is 0 Å². The van der Waals surface area contributed by atoms with Crippen molar-refractivity contribution >= 4 is 17.7 Å². The van der Waals surface area contributed by atoms with Crippen LogP contribution in [0.4, 0.5) is 0 Å². The van der Waals surface area contributed by atoms with Gasteiger partial charge in [-0.15, -0.1) is 0 Å². The van der Waals surface area contributed by atoms with Crippen molar-refractivity contribution in [3.05, 3.63) is 29.8 Å². The van der Waals surface area contributed by atoms with E-state index >= 15 is 0 Å². The van der Waals surface area contributed by atoms with Gasteiger partial charge in [0.1, 0.15) is 11.8 Å². The first-order chi connectivity index (χ1) is 16.0. The number of amides is 3. The molecule has 1 atom stereocenters. The lowest BCUT2D eigenvalue weighted by atomic mass is 9.77. The summed E-state index contributed by atoms with van der Waals surface area (Å²) in [6.45, 7) is 12.5. The lowest BCUT2D eigenvalue weighted by molar-refractivity contribution is -0.139. The fourth-order valence-electron chi connectivity index (χ4n) is 4.73. The van der Waals surface area contributed by atoms with E-state index in [0.717, 1.165) is 25.0 Å². The van der Waals surface area contributed by atoms with Gasteiger partial charge in [0, 0.05) is 38.7 Å². The molecule has 0 aromatic heterocycles. The maximum Gasteiger partial charge on any atom is 0.253 e. The Morgan fingerprint density at radius 3 is 2.15 bits per heavy atom. The minimum Gasteiger partial charge on any atom is -0.494 e. The van der Waals surface area contributed by atoms with Gasteiger partial charge in [-0.2, -0.15) is 0 Å². The van der Waals surface area contributed by atoms with Gasteiger partial charge < -0.3 is 24.6 Å². The third-order valence-electron chi connectivity index (χ3n) is 6.63. The average molecular weight is 474 g/mol. The molecule has 3 amide bonds. The molecule has 34 heavy (non-hydrogen) atoms. The average Bonchev–Trinajstić information content (AvgIpc) is 3.19. The molecule has 2 aliphatic rings. The summed E-state index contributed by atoms with van der Waals surface area (Å²) in [6.07, 6.45) is 2.64. The highest BCUT2D eigenvalue weighted by molar-refractivity contribution is 5.94. The SMILES string of the molecule is CCOc1ccc(C(=O)N2CCC3(CC2)CCN(C(=O)C(COC(C)(C)C)NC(C)=O)C3)cc1. The van der Waals surface area contributed by atoms with Crippen molar-refractivity contribution in [1.29, 1.82) is 0 Å². The maximum atomic E-state index is 13.2. The van der Waals surface area contributed by atoms with Crippen LogP contribution in [-0.2, 0) is 14.3 Å². The molecule has 2 saturated heterocycles. The zero-order chi connectivity index (χ0) is 24.9. The van der Waals surface area contributed by atoms with Crippen LogP contribution in [0.25, 0.3) is 0 Å². The summed E-state index contributed by atoms with van der Waals surface area (Å²) in [5.74, 6) is 0.460. The van der Waals surface area contributed by atoms with Gasteiger partial charge in [-0.3, -0.25) is 14.4 Å². The third kappa shape index (κ3) is 6.72. The fraction of sp³-hybridized carbons (Fsp3) is 0.654. The van der Waals surface area contributed by atoms with Crippen LogP contribution in [-0.4, -0.2) is 78.6 Å². The van der Waals surface area contributed by atoms with Crippen molar-refractivity contribution in [2.45, 2.75) is 65.5 Å². The molecule has 188 valence electrons. The predicted molar refractivity (Wildman–Crippen MR) is 130 cm³/mol. The van der Waals surface area contributed by atoms with E-state index < -0.39 is 11.6 Å². The number of ether oxygens (including phenoxy) is 2. The first-order valence-corrected chi connectivity index (χ1v) is 12.2. The van der Waals surface area contributed by atoms with Crippen molar-refractivity contribution in [3.63, 3.8) is 0 Å². The quantitative estimate of drug-likeness (QED) is 0.658. The van der Waals surface area contributed by atoms with Gasteiger partial charge in [-0.25, -0.2) is 0 Å². The van der Waals surface area contributed by atoms with Crippen molar-refractivity contribution in [3.8, 4) is 5.75 Å². The Bertz CT molecular complexity index is 869. The molecule has 2 aliphatic heterocycles. The Morgan fingerprint density at radius 1 is 1.03 bits per heavy atom. The number of benzene rings is 1. The van der Waals surface area contributed by atoms with Crippen LogP contribution in [0.1, 0.15) is 64.2 Å². The number of nitrogens with one attached hydrogen (secondary N) is 1. The molecule has 8 heteroatoms. The Balaban J connectivity index is 1.56. The Morgan fingerprint density at radius 2 is 1.62 bits per heavy atom.